The van der Waals surface area contributed by atoms with Gasteiger partial charge in [-0.1, -0.05) is 42.5 Å². The van der Waals surface area contributed by atoms with Crippen molar-refractivity contribution < 1.29 is 18.7 Å². The lowest BCUT2D eigenvalue weighted by molar-refractivity contribution is -0.118. The Hall–Kier alpha value is -4.11. The number of carbonyl (C=O) groups excluding carboxylic acids is 2. The SMILES string of the molecule is COC1(c2ccc(F)cc2)CCN(C(=O)N2C=C(NCCNC(C)=O)c3cc(-c4ccccc4)[nH]c3C2)CC1. The van der Waals surface area contributed by atoms with Crippen LogP contribution in [0.5, 0.6) is 0 Å². The van der Waals surface area contributed by atoms with Crippen LogP contribution in [0, 0.1) is 5.82 Å². The number of methoxy groups -OCH3 is 1. The molecule has 2 aliphatic heterocycles. The first-order valence-electron chi connectivity index (χ1n) is 13.2. The number of amides is 3. The number of likely N-dealkylation sites (tertiary alicyclic amines) is 1. The van der Waals surface area contributed by atoms with Gasteiger partial charge in [-0.25, -0.2) is 9.18 Å². The molecule has 0 unspecified atom stereocenters. The minimum absolute atomic E-state index is 0.0820. The van der Waals surface area contributed by atoms with Crippen molar-refractivity contribution in [1.82, 2.24) is 25.4 Å². The van der Waals surface area contributed by atoms with E-state index in [4.69, 9.17) is 4.74 Å². The third-order valence-corrected chi connectivity index (χ3v) is 7.55. The highest BCUT2D eigenvalue weighted by atomic mass is 19.1. The van der Waals surface area contributed by atoms with Crippen molar-refractivity contribution in [3.63, 3.8) is 0 Å². The number of nitrogens with zero attached hydrogens (tertiary/aromatic N) is 2. The summed E-state index contributed by atoms with van der Waals surface area (Å²) in [6.07, 6.45) is 3.09. The molecule has 3 N–H and O–H groups in total. The van der Waals surface area contributed by atoms with Crippen LogP contribution in [-0.4, -0.2) is 60.0 Å². The molecule has 1 saturated heterocycles. The molecule has 2 aliphatic rings. The first-order chi connectivity index (χ1) is 18.9. The average molecular weight is 532 g/mol. The number of halogens is 1. The number of benzene rings is 2. The molecule has 1 fully saturated rings. The lowest BCUT2D eigenvalue weighted by atomic mass is 9.84. The molecule has 9 heteroatoms. The van der Waals surface area contributed by atoms with E-state index in [2.05, 4.69) is 21.7 Å². The van der Waals surface area contributed by atoms with E-state index in [-0.39, 0.29) is 17.8 Å². The first kappa shape index (κ1) is 26.5. The van der Waals surface area contributed by atoms with Gasteiger partial charge in [-0.05, 0) is 42.2 Å². The van der Waals surface area contributed by atoms with Crippen molar-refractivity contribution in [3.05, 3.63) is 89.5 Å². The van der Waals surface area contributed by atoms with E-state index in [0.29, 0.717) is 45.6 Å². The number of hydrogen-bond acceptors (Lipinski definition) is 4. The molecule has 0 spiro atoms. The molecule has 2 aromatic carbocycles. The van der Waals surface area contributed by atoms with Crippen LogP contribution >= 0.6 is 0 Å². The zero-order chi connectivity index (χ0) is 27.4. The van der Waals surface area contributed by atoms with Crippen LogP contribution in [-0.2, 0) is 21.7 Å². The second-order valence-electron chi connectivity index (χ2n) is 10.00. The van der Waals surface area contributed by atoms with Crippen molar-refractivity contribution in [1.29, 1.82) is 0 Å². The van der Waals surface area contributed by atoms with Crippen LogP contribution < -0.4 is 10.6 Å². The maximum absolute atomic E-state index is 13.7. The van der Waals surface area contributed by atoms with Crippen molar-refractivity contribution in [2.75, 3.05) is 33.3 Å². The summed E-state index contributed by atoms with van der Waals surface area (Å²) >= 11 is 0. The Kier molecular flexibility index (Phi) is 7.70. The number of ether oxygens (including phenoxy) is 1. The van der Waals surface area contributed by atoms with Crippen LogP contribution in [0.2, 0.25) is 0 Å². The second kappa shape index (κ2) is 11.3. The van der Waals surface area contributed by atoms with E-state index in [0.717, 1.165) is 33.8 Å². The van der Waals surface area contributed by atoms with Gasteiger partial charge in [0.05, 0.1) is 17.8 Å². The molecule has 204 valence electrons. The van der Waals surface area contributed by atoms with Gasteiger partial charge in [-0.15, -0.1) is 0 Å². The predicted molar refractivity (Wildman–Crippen MR) is 148 cm³/mol. The fourth-order valence-electron chi connectivity index (χ4n) is 5.38. The number of carbonyl (C=O) groups is 2. The highest BCUT2D eigenvalue weighted by Crippen LogP contribution is 2.37. The predicted octanol–water partition coefficient (Wildman–Crippen LogP) is 4.42. The maximum atomic E-state index is 13.7. The summed E-state index contributed by atoms with van der Waals surface area (Å²) in [5.41, 5.74) is 5.20. The van der Waals surface area contributed by atoms with Gasteiger partial charge in [0.1, 0.15) is 5.82 Å². The van der Waals surface area contributed by atoms with Crippen LogP contribution in [0.3, 0.4) is 0 Å². The van der Waals surface area contributed by atoms with Crippen LogP contribution in [0.15, 0.2) is 66.9 Å². The molecule has 3 heterocycles. The summed E-state index contributed by atoms with van der Waals surface area (Å²) in [7, 11) is 1.67. The zero-order valence-corrected chi connectivity index (χ0v) is 22.3. The van der Waals surface area contributed by atoms with Gasteiger partial charge in [0, 0.05) is 63.4 Å². The Balaban J connectivity index is 1.33. The van der Waals surface area contributed by atoms with E-state index >= 15 is 0 Å². The Labute approximate surface area is 227 Å². The molecule has 0 aliphatic carbocycles. The maximum Gasteiger partial charge on any atom is 0.324 e. The molecule has 0 saturated carbocycles. The summed E-state index contributed by atoms with van der Waals surface area (Å²) in [5.74, 6) is -0.368. The third kappa shape index (κ3) is 5.68. The largest absolute Gasteiger partial charge is 0.382 e. The van der Waals surface area contributed by atoms with Gasteiger partial charge in [0.15, 0.2) is 0 Å². The number of H-pyrrole nitrogens is 1. The van der Waals surface area contributed by atoms with Gasteiger partial charge < -0.3 is 25.3 Å². The lowest BCUT2D eigenvalue weighted by Crippen LogP contribution is -2.50. The van der Waals surface area contributed by atoms with Gasteiger partial charge in [-0.2, -0.15) is 0 Å². The molecule has 8 nitrogen and oxygen atoms in total. The topological polar surface area (TPSA) is 89.7 Å². The summed E-state index contributed by atoms with van der Waals surface area (Å²) in [6, 6.07) is 18.5. The zero-order valence-electron chi connectivity index (χ0n) is 22.3. The number of nitrogens with one attached hydrogen (secondary N) is 3. The lowest BCUT2D eigenvalue weighted by Gasteiger charge is -2.42. The second-order valence-corrected chi connectivity index (χ2v) is 10.00. The normalized spacial score (nSPS) is 16.3. The summed E-state index contributed by atoms with van der Waals surface area (Å²) in [5, 5.41) is 6.19. The average Bonchev–Trinajstić information content (AvgIpc) is 3.40. The quantitative estimate of drug-likeness (QED) is 0.394. The van der Waals surface area contributed by atoms with E-state index < -0.39 is 5.60 Å². The van der Waals surface area contributed by atoms with E-state index in [1.807, 2.05) is 41.4 Å². The van der Waals surface area contributed by atoms with Crippen LogP contribution in [0.4, 0.5) is 9.18 Å². The number of fused-ring (bicyclic) bond motifs is 1. The summed E-state index contributed by atoms with van der Waals surface area (Å²) in [6.45, 7) is 3.95. The van der Waals surface area contributed by atoms with Gasteiger partial charge in [-0.3, -0.25) is 9.69 Å². The van der Waals surface area contributed by atoms with Crippen LogP contribution in [0.1, 0.15) is 36.6 Å². The number of urea groups is 1. The van der Waals surface area contributed by atoms with Crippen molar-refractivity contribution in [3.8, 4) is 11.3 Å². The Bertz CT molecular complexity index is 1340. The number of aromatic nitrogens is 1. The van der Waals surface area contributed by atoms with Crippen molar-refractivity contribution >= 4 is 17.6 Å². The summed E-state index contributed by atoms with van der Waals surface area (Å²) < 4.78 is 19.4. The Morgan fingerprint density at radius 1 is 1.05 bits per heavy atom. The van der Waals surface area contributed by atoms with Crippen molar-refractivity contribution in [2.24, 2.45) is 0 Å². The Morgan fingerprint density at radius 3 is 2.44 bits per heavy atom. The molecule has 0 bridgehead atoms. The molecule has 0 atom stereocenters. The van der Waals surface area contributed by atoms with Crippen LogP contribution in [0.25, 0.3) is 17.0 Å². The minimum atomic E-state index is -0.546. The number of aromatic amines is 1. The molecule has 1 aromatic heterocycles. The van der Waals surface area contributed by atoms with Gasteiger partial charge in [0.2, 0.25) is 5.91 Å². The highest BCUT2D eigenvalue weighted by molar-refractivity contribution is 5.81. The molecule has 3 aromatic rings. The number of piperidine rings is 1. The monoisotopic (exact) mass is 531 g/mol. The molecule has 0 radical (unpaired) electrons. The Morgan fingerprint density at radius 2 is 1.77 bits per heavy atom. The van der Waals surface area contributed by atoms with Gasteiger partial charge in [0.25, 0.3) is 0 Å². The fourth-order valence-corrected chi connectivity index (χ4v) is 5.38. The third-order valence-electron chi connectivity index (χ3n) is 7.55. The molecular weight excluding hydrogens is 497 g/mol. The first-order valence-corrected chi connectivity index (χ1v) is 13.2. The number of hydrogen-bond donors (Lipinski definition) is 3. The van der Waals surface area contributed by atoms with E-state index in [9.17, 15) is 14.0 Å². The number of rotatable bonds is 7. The molecule has 5 rings (SSSR count). The summed E-state index contributed by atoms with van der Waals surface area (Å²) in [4.78, 5) is 32.1. The minimum Gasteiger partial charge on any atom is -0.382 e. The highest BCUT2D eigenvalue weighted by Gasteiger charge is 2.39. The van der Waals surface area contributed by atoms with Crippen molar-refractivity contribution in [2.45, 2.75) is 31.9 Å². The fraction of sp³-hybridized carbons (Fsp3) is 0.333. The van der Waals surface area contributed by atoms with E-state index in [1.165, 1.54) is 19.1 Å². The smallest absolute Gasteiger partial charge is 0.324 e. The molecule has 39 heavy (non-hydrogen) atoms. The molecule has 3 amide bonds. The standard InChI is InChI=1S/C30H34FN5O3/c1-21(37)32-14-15-33-27-19-36(20-28-25(27)18-26(34-28)22-6-4-3-5-7-22)29(38)35-16-12-30(39-2,13-17-35)23-8-10-24(31)11-9-23/h3-11,18-19,33-34H,12-17,20H2,1-2H3,(H,32,37). The van der Waals surface area contributed by atoms with Gasteiger partial charge >= 0.3 is 6.03 Å². The van der Waals surface area contributed by atoms with E-state index in [1.54, 1.807) is 24.1 Å². The molecular formula is C30H34FN5O3.